The van der Waals surface area contributed by atoms with Gasteiger partial charge in [-0.3, -0.25) is 0 Å². The van der Waals surface area contributed by atoms with Gasteiger partial charge in [-0.05, 0) is 197 Å². The number of benzene rings is 1. The zero-order valence-corrected chi connectivity index (χ0v) is 39.8. The van der Waals surface area contributed by atoms with Gasteiger partial charge in [-0.15, -0.1) is 0 Å². The topological polar surface area (TPSA) is 12.0 Å². The highest BCUT2D eigenvalue weighted by Gasteiger charge is 1.98. The standard InChI is InChI=1S/C57H89N/c1-47(2)24-15-25-48(3)26-16-27-49(4)28-17-29-50(5)30-18-31-51(6)32-19-33-52(7)34-20-35-53(8)36-21-37-54(9)38-22-39-55(10)40-23-41-56(11)44-45-58-46-57-42-13-12-14-43-57/h12-14,24,26,28,30,32,34,36,38,40,42-44,58H,15-23,25,27,29,31,33,35,37,39,41,45-46H2,1-11H3/b48-26+,49-28+,50-30+,51-32+,52-34+,53-36+,54-38+,55-40+,56-44+. The van der Waals surface area contributed by atoms with Crippen LogP contribution in [0.25, 0.3) is 0 Å². The molecule has 0 fully saturated rings. The van der Waals surface area contributed by atoms with Gasteiger partial charge >= 0.3 is 0 Å². The zero-order valence-electron chi connectivity index (χ0n) is 39.8. The fourth-order valence-corrected chi connectivity index (χ4v) is 6.94. The molecule has 0 heterocycles. The minimum atomic E-state index is 0.928. The van der Waals surface area contributed by atoms with E-state index in [0.717, 1.165) is 64.5 Å². The molecule has 1 aromatic carbocycles. The van der Waals surface area contributed by atoms with E-state index in [9.17, 15) is 0 Å². The van der Waals surface area contributed by atoms with E-state index in [-0.39, 0.29) is 0 Å². The van der Waals surface area contributed by atoms with Crippen LogP contribution < -0.4 is 5.32 Å². The Hall–Kier alpha value is -3.42. The summed E-state index contributed by atoms with van der Waals surface area (Å²) in [6, 6.07) is 10.6. The van der Waals surface area contributed by atoms with Crippen molar-refractivity contribution in [3.05, 3.63) is 152 Å². The molecule has 0 saturated carbocycles. The van der Waals surface area contributed by atoms with Gasteiger partial charge in [0.2, 0.25) is 0 Å². The molecule has 1 heteroatoms. The largest absolute Gasteiger partial charge is 0.309 e. The van der Waals surface area contributed by atoms with Gasteiger partial charge in [-0.25, -0.2) is 0 Å². The average molecular weight is 788 g/mol. The van der Waals surface area contributed by atoms with Gasteiger partial charge in [0.1, 0.15) is 0 Å². The Kier molecular flexibility index (Phi) is 31.2. The third kappa shape index (κ3) is 32.5. The molecule has 0 saturated heterocycles. The molecule has 0 aliphatic carbocycles. The minimum Gasteiger partial charge on any atom is -0.309 e. The molecule has 0 atom stereocenters. The number of rotatable bonds is 31. The third-order valence-electron chi connectivity index (χ3n) is 11.1. The van der Waals surface area contributed by atoms with E-state index >= 15 is 0 Å². The summed E-state index contributed by atoms with van der Waals surface area (Å²) in [6.07, 6.45) is 45.3. The lowest BCUT2D eigenvalue weighted by Gasteiger charge is -2.05. The first-order valence-corrected chi connectivity index (χ1v) is 23.1. The van der Waals surface area contributed by atoms with Crippen LogP contribution in [-0.4, -0.2) is 6.54 Å². The predicted molar refractivity (Wildman–Crippen MR) is 264 cm³/mol. The first kappa shape index (κ1) is 52.6. The van der Waals surface area contributed by atoms with E-state index in [0.29, 0.717) is 0 Å². The highest BCUT2D eigenvalue weighted by molar-refractivity contribution is 5.15. The van der Waals surface area contributed by atoms with Gasteiger partial charge in [0.25, 0.3) is 0 Å². The second-order valence-electron chi connectivity index (χ2n) is 17.7. The summed E-state index contributed by atoms with van der Waals surface area (Å²) >= 11 is 0. The Morgan fingerprint density at radius 2 is 0.569 bits per heavy atom. The Morgan fingerprint density at radius 1 is 0.328 bits per heavy atom. The van der Waals surface area contributed by atoms with Crippen LogP contribution in [0, 0.1) is 0 Å². The smallest absolute Gasteiger partial charge is 0.0208 e. The van der Waals surface area contributed by atoms with E-state index in [1.54, 1.807) is 0 Å². The van der Waals surface area contributed by atoms with Crippen molar-refractivity contribution < 1.29 is 0 Å². The van der Waals surface area contributed by atoms with E-state index in [1.807, 2.05) is 0 Å². The van der Waals surface area contributed by atoms with Gasteiger partial charge in [-0.1, -0.05) is 147 Å². The molecule has 0 aromatic heterocycles. The Morgan fingerprint density at radius 3 is 0.828 bits per heavy atom. The van der Waals surface area contributed by atoms with Crippen molar-refractivity contribution in [1.82, 2.24) is 5.32 Å². The lowest BCUT2D eigenvalue weighted by Crippen LogP contribution is -2.13. The number of allylic oxidation sites excluding steroid dienone is 19. The maximum Gasteiger partial charge on any atom is 0.0208 e. The molecule has 0 spiro atoms. The van der Waals surface area contributed by atoms with Gasteiger partial charge in [0, 0.05) is 13.1 Å². The lowest BCUT2D eigenvalue weighted by atomic mass is 10.0. The van der Waals surface area contributed by atoms with E-state index in [4.69, 9.17) is 0 Å². The first-order chi connectivity index (χ1) is 27.8. The van der Waals surface area contributed by atoms with Crippen LogP contribution in [0.5, 0.6) is 0 Å². The minimum absolute atomic E-state index is 0.928. The number of nitrogens with one attached hydrogen (secondary N) is 1. The Bertz CT molecular complexity index is 1570. The van der Waals surface area contributed by atoms with Crippen molar-refractivity contribution in [2.75, 3.05) is 6.54 Å². The number of hydrogen-bond donors (Lipinski definition) is 1. The van der Waals surface area contributed by atoms with Crippen LogP contribution in [0.4, 0.5) is 0 Å². The van der Waals surface area contributed by atoms with Crippen molar-refractivity contribution in [1.29, 1.82) is 0 Å². The van der Waals surface area contributed by atoms with Crippen molar-refractivity contribution in [2.24, 2.45) is 0 Å². The van der Waals surface area contributed by atoms with Crippen LogP contribution in [0.2, 0.25) is 0 Å². The van der Waals surface area contributed by atoms with Gasteiger partial charge in [-0.2, -0.15) is 0 Å². The summed E-state index contributed by atoms with van der Waals surface area (Å²) in [5.74, 6) is 0. The second kappa shape index (κ2) is 34.4. The molecule has 1 N–H and O–H groups in total. The van der Waals surface area contributed by atoms with Gasteiger partial charge in [0.15, 0.2) is 0 Å². The maximum atomic E-state index is 3.52. The van der Waals surface area contributed by atoms with Crippen LogP contribution in [-0.2, 0) is 6.54 Å². The summed E-state index contributed by atoms with van der Waals surface area (Å²) in [6.45, 7) is 26.9. The lowest BCUT2D eigenvalue weighted by molar-refractivity contribution is 0.753. The quantitative estimate of drug-likeness (QED) is 0.0584. The highest BCUT2D eigenvalue weighted by atomic mass is 14.8. The summed E-state index contributed by atoms with van der Waals surface area (Å²) in [7, 11) is 0. The maximum absolute atomic E-state index is 3.52. The molecule has 0 aliphatic heterocycles. The molecule has 58 heavy (non-hydrogen) atoms. The molecule has 0 bridgehead atoms. The van der Waals surface area contributed by atoms with Crippen molar-refractivity contribution in [3.63, 3.8) is 0 Å². The van der Waals surface area contributed by atoms with E-state index in [2.05, 4.69) is 173 Å². The number of hydrogen-bond acceptors (Lipinski definition) is 1. The van der Waals surface area contributed by atoms with Gasteiger partial charge in [0.05, 0.1) is 0 Å². The summed E-state index contributed by atoms with van der Waals surface area (Å²) in [5.41, 5.74) is 16.5. The first-order valence-electron chi connectivity index (χ1n) is 23.1. The van der Waals surface area contributed by atoms with Crippen LogP contribution in [0.15, 0.2) is 147 Å². The van der Waals surface area contributed by atoms with Crippen molar-refractivity contribution in [2.45, 2.75) is 198 Å². The van der Waals surface area contributed by atoms with Gasteiger partial charge < -0.3 is 5.32 Å². The fraction of sp³-hybridized carbons (Fsp3) is 0.544. The van der Waals surface area contributed by atoms with E-state index in [1.165, 1.54) is 126 Å². The molecule has 322 valence electrons. The van der Waals surface area contributed by atoms with Crippen LogP contribution in [0.3, 0.4) is 0 Å². The Labute approximate surface area is 361 Å². The molecule has 0 amide bonds. The van der Waals surface area contributed by atoms with Crippen LogP contribution >= 0.6 is 0 Å². The monoisotopic (exact) mass is 788 g/mol. The summed E-state index contributed by atoms with van der Waals surface area (Å²) in [4.78, 5) is 0. The molecular weight excluding hydrogens is 699 g/mol. The molecule has 1 nitrogen and oxygen atoms in total. The Balaban J connectivity index is 2.20. The highest BCUT2D eigenvalue weighted by Crippen LogP contribution is 2.18. The molecular formula is C57H89N. The van der Waals surface area contributed by atoms with Crippen LogP contribution in [0.1, 0.15) is 197 Å². The van der Waals surface area contributed by atoms with Crippen molar-refractivity contribution in [3.8, 4) is 0 Å². The average Bonchev–Trinajstić information content (AvgIpc) is 3.17. The summed E-state index contributed by atoms with van der Waals surface area (Å²) < 4.78 is 0. The second-order valence-corrected chi connectivity index (χ2v) is 17.7. The molecule has 1 rings (SSSR count). The zero-order chi connectivity index (χ0) is 42.8. The van der Waals surface area contributed by atoms with Crippen molar-refractivity contribution >= 4 is 0 Å². The fourth-order valence-electron chi connectivity index (χ4n) is 6.94. The molecule has 1 aromatic rings. The molecule has 0 aliphatic rings. The predicted octanol–water partition coefficient (Wildman–Crippen LogP) is 18.3. The third-order valence-corrected chi connectivity index (χ3v) is 11.1. The molecule has 0 unspecified atom stereocenters. The summed E-state index contributed by atoms with van der Waals surface area (Å²) in [5, 5.41) is 3.52. The SMILES string of the molecule is CC(C)=CCC/C(C)=C/CC/C(C)=C/CC/C(C)=C/CC/C(C)=C/CC/C(C)=C/CC/C(C)=C/CC/C(C)=C/CC/C(C)=C/CC/C(C)=C/CNCc1ccccc1. The normalized spacial score (nSPS) is 14.4. The van der Waals surface area contributed by atoms with E-state index < -0.39 is 0 Å². The molecule has 0 radical (unpaired) electrons.